The number of thioether (sulfide) groups is 1. The zero-order chi connectivity index (χ0) is 21.4. The Morgan fingerprint density at radius 1 is 1.10 bits per heavy atom. The van der Waals surface area contributed by atoms with E-state index in [1.165, 1.54) is 34.9 Å². The second-order valence-electron chi connectivity index (χ2n) is 6.05. The SMILES string of the molecule is CCN(CC(=O)Nc1ccccc1C(F)(F)F)C(=O)CCSc1ccc(Cl)cc1. The van der Waals surface area contributed by atoms with Crippen LogP contribution in [0.1, 0.15) is 18.9 Å². The molecule has 2 rings (SSSR count). The first-order valence-corrected chi connectivity index (χ1v) is 10.2. The van der Waals surface area contributed by atoms with Gasteiger partial charge < -0.3 is 10.2 Å². The minimum Gasteiger partial charge on any atom is -0.334 e. The summed E-state index contributed by atoms with van der Waals surface area (Å²) in [7, 11) is 0. The lowest BCUT2D eigenvalue weighted by Crippen LogP contribution is -2.38. The zero-order valence-corrected chi connectivity index (χ0v) is 17.2. The van der Waals surface area contributed by atoms with Crippen LogP contribution in [-0.4, -0.2) is 35.6 Å². The molecule has 0 aliphatic heterocycles. The molecule has 0 unspecified atom stereocenters. The van der Waals surface area contributed by atoms with Crippen LogP contribution < -0.4 is 5.32 Å². The molecule has 2 aromatic rings. The standard InChI is InChI=1S/C20H20ClF3N2O2S/c1-2-26(19(28)11-12-29-15-9-7-14(21)8-10-15)13-18(27)25-17-6-4-3-5-16(17)20(22,23)24/h3-10H,2,11-13H2,1H3,(H,25,27). The largest absolute Gasteiger partial charge is 0.418 e. The summed E-state index contributed by atoms with van der Waals surface area (Å²) in [5.41, 5.74) is -1.26. The fourth-order valence-corrected chi connectivity index (χ4v) is 3.49. The van der Waals surface area contributed by atoms with Crippen LogP contribution >= 0.6 is 23.4 Å². The molecule has 2 amide bonds. The molecule has 0 aliphatic rings. The molecule has 4 nitrogen and oxygen atoms in total. The van der Waals surface area contributed by atoms with Gasteiger partial charge in [-0.05, 0) is 43.3 Å². The number of carbonyl (C=O) groups is 2. The predicted molar refractivity (Wildman–Crippen MR) is 109 cm³/mol. The Bertz CT molecular complexity index is 844. The van der Waals surface area contributed by atoms with Gasteiger partial charge >= 0.3 is 6.18 Å². The molecular weight excluding hydrogens is 425 g/mol. The van der Waals surface area contributed by atoms with Crippen molar-refractivity contribution < 1.29 is 22.8 Å². The Balaban J connectivity index is 1.89. The van der Waals surface area contributed by atoms with Crippen LogP contribution in [-0.2, 0) is 15.8 Å². The Kier molecular flexibility index (Phi) is 8.40. The lowest BCUT2D eigenvalue weighted by molar-refractivity contribution is -0.137. The van der Waals surface area contributed by atoms with Crippen molar-refractivity contribution >= 4 is 40.9 Å². The first kappa shape index (κ1) is 23.1. The second-order valence-corrected chi connectivity index (χ2v) is 7.66. The number of nitrogens with zero attached hydrogens (tertiary/aromatic N) is 1. The summed E-state index contributed by atoms with van der Waals surface area (Å²) in [6.07, 6.45) is -4.38. The molecule has 156 valence electrons. The third-order valence-electron chi connectivity index (χ3n) is 3.97. The number of anilines is 1. The average Bonchev–Trinajstić information content (AvgIpc) is 2.67. The number of benzene rings is 2. The van der Waals surface area contributed by atoms with E-state index in [9.17, 15) is 22.8 Å². The number of amides is 2. The third-order valence-corrected chi connectivity index (χ3v) is 5.24. The first-order chi connectivity index (χ1) is 13.7. The van der Waals surface area contributed by atoms with Gasteiger partial charge in [0, 0.05) is 28.6 Å². The van der Waals surface area contributed by atoms with E-state index in [1.807, 2.05) is 12.1 Å². The number of alkyl halides is 3. The highest BCUT2D eigenvalue weighted by molar-refractivity contribution is 7.99. The van der Waals surface area contributed by atoms with E-state index in [1.54, 1.807) is 19.1 Å². The van der Waals surface area contributed by atoms with Gasteiger partial charge in [-0.2, -0.15) is 13.2 Å². The van der Waals surface area contributed by atoms with Gasteiger partial charge in [0.2, 0.25) is 11.8 Å². The van der Waals surface area contributed by atoms with Crippen LogP contribution in [0.25, 0.3) is 0 Å². The molecule has 0 bridgehead atoms. The van der Waals surface area contributed by atoms with Gasteiger partial charge in [-0.15, -0.1) is 11.8 Å². The Labute approximate surface area is 176 Å². The molecule has 0 radical (unpaired) electrons. The molecule has 0 aliphatic carbocycles. The first-order valence-electron chi connectivity index (χ1n) is 8.83. The molecule has 9 heteroatoms. The monoisotopic (exact) mass is 444 g/mol. The molecule has 0 saturated carbocycles. The number of hydrogen-bond acceptors (Lipinski definition) is 3. The van der Waals surface area contributed by atoms with E-state index in [-0.39, 0.29) is 31.1 Å². The molecule has 0 aromatic heterocycles. The number of hydrogen-bond donors (Lipinski definition) is 1. The normalized spacial score (nSPS) is 11.2. The van der Waals surface area contributed by atoms with Crippen LogP contribution in [0.15, 0.2) is 53.4 Å². The highest BCUT2D eigenvalue weighted by Crippen LogP contribution is 2.34. The summed E-state index contributed by atoms with van der Waals surface area (Å²) in [5.74, 6) is -0.411. The number of carbonyl (C=O) groups excluding carboxylic acids is 2. The van der Waals surface area contributed by atoms with Crippen molar-refractivity contribution in [1.82, 2.24) is 4.90 Å². The summed E-state index contributed by atoms with van der Waals surface area (Å²) in [6.45, 7) is 1.67. The van der Waals surface area contributed by atoms with E-state index in [0.717, 1.165) is 11.0 Å². The lowest BCUT2D eigenvalue weighted by atomic mass is 10.1. The Morgan fingerprint density at radius 3 is 2.38 bits per heavy atom. The summed E-state index contributed by atoms with van der Waals surface area (Å²) < 4.78 is 39.1. The number of para-hydroxylation sites is 1. The van der Waals surface area contributed by atoms with Crippen molar-refractivity contribution in [2.75, 3.05) is 24.2 Å². The summed E-state index contributed by atoms with van der Waals surface area (Å²) in [5, 5.41) is 2.88. The fourth-order valence-electron chi connectivity index (χ4n) is 2.52. The van der Waals surface area contributed by atoms with Gasteiger partial charge in [0.15, 0.2) is 0 Å². The zero-order valence-electron chi connectivity index (χ0n) is 15.6. The second kappa shape index (κ2) is 10.5. The van der Waals surface area contributed by atoms with Gasteiger partial charge in [0.1, 0.15) is 0 Å². The number of rotatable bonds is 8. The van der Waals surface area contributed by atoms with Crippen molar-refractivity contribution in [3.63, 3.8) is 0 Å². The van der Waals surface area contributed by atoms with Crippen molar-refractivity contribution in [1.29, 1.82) is 0 Å². The molecular formula is C20H20ClF3N2O2S. The van der Waals surface area contributed by atoms with Crippen LogP contribution in [0.4, 0.5) is 18.9 Å². The van der Waals surface area contributed by atoms with Gasteiger partial charge in [-0.25, -0.2) is 0 Å². The Hall–Kier alpha value is -2.19. The van der Waals surface area contributed by atoms with E-state index in [2.05, 4.69) is 5.32 Å². The van der Waals surface area contributed by atoms with E-state index < -0.39 is 17.6 Å². The molecule has 0 fully saturated rings. The molecule has 0 spiro atoms. The summed E-state index contributed by atoms with van der Waals surface area (Å²) >= 11 is 7.31. The third kappa shape index (κ3) is 7.29. The van der Waals surface area contributed by atoms with Crippen molar-refractivity contribution in [2.24, 2.45) is 0 Å². The maximum absolute atomic E-state index is 13.0. The van der Waals surface area contributed by atoms with Gasteiger partial charge in [-0.3, -0.25) is 9.59 Å². The van der Waals surface area contributed by atoms with Gasteiger partial charge in [0.05, 0.1) is 17.8 Å². The highest BCUT2D eigenvalue weighted by Gasteiger charge is 2.33. The van der Waals surface area contributed by atoms with Gasteiger partial charge in [0.25, 0.3) is 0 Å². The molecule has 0 atom stereocenters. The quantitative estimate of drug-likeness (QED) is 0.560. The Morgan fingerprint density at radius 2 is 1.76 bits per heavy atom. The van der Waals surface area contributed by atoms with Crippen molar-refractivity contribution in [3.8, 4) is 0 Å². The van der Waals surface area contributed by atoms with E-state index in [0.29, 0.717) is 10.8 Å². The minimum absolute atomic E-state index is 0.202. The molecule has 0 saturated heterocycles. The summed E-state index contributed by atoms with van der Waals surface area (Å²) in [4.78, 5) is 26.8. The van der Waals surface area contributed by atoms with Crippen LogP contribution in [0, 0.1) is 0 Å². The fraction of sp³-hybridized carbons (Fsp3) is 0.300. The number of nitrogens with one attached hydrogen (secondary N) is 1. The minimum atomic E-state index is -4.58. The van der Waals surface area contributed by atoms with Crippen LogP contribution in [0.2, 0.25) is 5.02 Å². The van der Waals surface area contributed by atoms with E-state index >= 15 is 0 Å². The lowest BCUT2D eigenvalue weighted by Gasteiger charge is -2.21. The van der Waals surface area contributed by atoms with Crippen LogP contribution in [0.3, 0.4) is 0 Å². The highest BCUT2D eigenvalue weighted by atomic mass is 35.5. The maximum atomic E-state index is 13.0. The summed E-state index contributed by atoms with van der Waals surface area (Å²) in [6, 6.07) is 11.9. The average molecular weight is 445 g/mol. The van der Waals surface area contributed by atoms with Gasteiger partial charge in [-0.1, -0.05) is 23.7 Å². The van der Waals surface area contributed by atoms with Crippen LogP contribution in [0.5, 0.6) is 0 Å². The number of likely N-dealkylation sites (N-methyl/N-ethyl adjacent to an activating group) is 1. The predicted octanol–water partition coefficient (Wildman–Crippen LogP) is 5.33. The number of halogens is 4. The van der Waals surface area contributed by atoms with E-state index in [4.69, 9.17) is 11.6 Å². The molecule has 0 heterocycles. The van der Waals surface area contributed by atoms with Crippen molar-refractivity contribution in [2.45, 2.75) is 24.4 Å². The molecule has 29 heavy (non-hydrogen) atoms. The topological polar surface area (TPSA) is 49.4 Å². The molecule has 1 N–H and O–H groups in total. The molecule has 2 aromatic carbocycles. The smallest absolute Gasteiger partial charge is 0.334 e. The maximum Gasteiger partial charge on any atom is 0.418 e. The van der Waals surface area contributed by atoms with Crippen molar-refractivity contribution in [3.05, 3.63) is 59.1 Å².